The molecule has 0 spiro atoms. The summed E-state index contributed by atoms with van der Waals surface area (Å²) in [5, 5.41) is 4.32. The van der Waals surface area contributed by atoms with E-state index >= 15 is 0 Å². The number of hydrogen-bond acceptors (Lipinski definition) is 3. The number of aromatic nitrogens is 1. The van der Waals surface area contributed by atoms with Gasteiger partial charge in [-0.25, -0.2) is 4.79 Å². The molecule has 3 aromatic rings. The second kappa shape index (κ2) is 17.6. The number of aryl methyl sites for hydroxylation is 1. The molecule has 1 aromatic heterocycles. The van der Waals surface area contributed by atoms with Gasteiger partial charge >= 0.3 is 5.97 Å². The zero-order valence-corrected chi connectivity index (χ0v) is 24.6. The van der Waals surface area contributed by atoms with Crippen LogP contribution in [-0.2, 0) is 16.8 Å². The minimum absolute atomic E-state index is 0.0705. The van der Waals surface area contributed by atoms with Gasteiger partial charge in [0.2, 0.25) is 0 Å². The summed E-state index contributed by atoms with van der Waals surface area (Å²) in [6, 6.07) is 15.2. The average molecular weight is 531 g/mol. The maximum absolute atomic E-state index is 13.3. The van der Waals surface area contributed by atoms with Crippen LogP contribution in [0.25, 0.3) is 10.9 Å². The maximum atomic E-state index is 13.3. The molecule has 0 aliphatic heterocycles. The first-order chi connectivity index (χ1) is 19.0. The lowest BCUT2D eigenvalue weighted by Gasteiger charge is -2.19. The van der Waals surface area contributed by atoms with Crippen LogP contribution in [0.3, 0.4) is 0 Å². The van der Waals surface area contributed by atoms with Crippen LogP contribution in [0.4, 0.5) is 0 Å². The number of rotatable bonds is 9. The Bertz CT molecular complexity index is 1210. The van der Waals surface area contributed by atoms with E-state index in [4.69, 9.17) is 4.74 Å². The lowest BCUT2D eigenvalue weighted by atomic mass is 10.0. The Labute approximate surface area is 235 Å². The van der Waals surface area contributed by atoms with Gasteiger partial charge in [-0.2, -0.15) is 0 Å². The smallest absolute Gasteiger partial charge is 0.337 e. The third kappa shape index (κ3) is 9.13. The number of methoxy groups -OCH3 is 1. The number of fused-ring (bicyclic) bond motifs is 1. The molecule has 1 amide bonds. The van der Waals surface area contributed by atoms with Gasteiger partial charge in [-0.3, -0.25) is 4.79 Å². The van der Waals surface area contributed by atoms with Crippen molar-refractivity contribution < 1.29 is 14.3 Å². The Morgan fingerprint density at radius 1 is 1.03 bits per heavy atom. The Hall–Kier alpha value is -3.86. The fourth-order valence-corrected chi connectivity index (χ4v) is 4.11. The van der Waals surface area contributed by atoms with E-state index in [1.165, 1.54) is 7.11 Å². The fourth-order valence-electron chi connectivity index (χ4n) is 4.11. The van der Waals surface area contributed by atoms with Crippen molar-refractivity contribution in [2.24, 2.45) is 0 Å². The molecule has 5 nitrogen and oxygen atoms in total. The summed E-state index contributed by atoms with van der Waals surface area (Å²) in [6.45, 7) is 18.1. The van der Waals surface area contributed by atoms with E-state index in [9.17, 15) is 9.59 Å². The van der Waals surface area contributed by atoms with E-state index in [0.29, 0.717) is 11.1 Å². The van der Waals surface area contributed by atoms with Gasteiger partial charge in [0.05, 0.1) is 29.3 Å². The SMILES string of the molecule is C=C/C=C\C.C=CCCCn1ccc2cccc(C(=O)NC3(c4ccc(C(=O)OC)cc4)CC3)c21.CC.CC. The molecule has 0 atom stereocenters. The van der Waals surface area contributed by atoms with E-state index in [2.05, 4.69) is 29.1 Å². The monoisotopic (exact) mass is 530 g/mol. The van der Waals surface area contributed by atoms with Gasteiger partial charge in [0.25, 0.3) is 5.91 Å². The van der Waals surface area contributed by atoms with E-state index < -0.39 is 0 Å². The van der Waals surface area contributed by atoms with E-state index in [1.807, 2.05) is 89.4 Å². The molecule has 0 unspecified atom stereocenters. The molecule has 2 aromatic carbocycles. The summed E-state index contributed by atoms with van der Waals surface area (Å²) in [4.78, 5) is 25.0. The van der Waals surface area contributed by atoms with Crippen molar-refractivity contribution in [3.8, 4) is 0 Å². The molecule has 0 bridgehead atoms. The van der Waals surface area contributed by atoms with Crippen LogP contribution in [-0.4, -0.2) is 23.6 Å². The minimum Gasteiger partial charge on any atom is -0.465 e. The molecule has 0 radical (unpaired) electrons. The molecule has 39 heavy (non-hydrogen) atoms. The van der Waals surface area contributed by atoms with Crippen molar-refractivity contribution >= 4 is 22.8 Å². The molecule has 5 heteroatoms. The summed E-state index contributed by atoms with van der Waals surface area (Å²) < 4.78 is 6.91. The zero-order chi connectivity index (χ0) is 29.3. The predicted molar refractivity (Wildman–Crippen MR) is 165 cm³/mol. The Morgan fingerprint density at radius 2 is 1.69 bits per heavy atom. The number of nitrogens with one attached hydrogen (secondary N) is 1. The van der Waals surface area contributed by atoms with Gasteiger partial charge in [0, 0.05) is 18.1 Å². The number of benzene rings is 2. The van der Waals surface area contributed by atoms with Gasteiger partial charge in [-0.1, -0.05) is 82.8 Å². The number of carbonyl (C=O) groups excluding carboxylic acids is 2. The van der Waals surface area contributed by atoms with E-state index in [1.54, 1.807) is 18.2 Å². The molecule has 1 fully saturated rings. The number of amides is 1. The number of esters is 1. The van der Waals surface area contributed by atoms with Crippen LogP contribution in [0.2, 0.25) is 0 Å². The van der Waals surface area contributed by atoms with Gasteiger partial charge in [0.1, 0.15) is 0 Å². The molecule has 0 saturated heterocycles. The number of hydrogen-bond donors (Lipinski definition) is 1. The van der Waals surface area contributed by atoms with Crippen LogP contribution >= 0.6 is 0 Å². The zero-order valence-electron chi connectivity index (χ0n) is 24.6. The molecular formula is C34H46N2O3. The van der Waals surface area contributed by atoms with Gasteiger partial charge in [-0.15, -0.1) is 6.58 Å². The standard InChI is InChI=1S/C25H26N2O3.C5H8.2C2H6/c1-3-4-5-16-27-17-13-18-7-6-8-21(22(18)27)23(28)26-25(14-15-25)20-11-9-19(10-12-20)24(29)30-2;1-3-5-4-2;2*1-2/h3,6-13,17H,1,4-5,14-16H2,2H3,(H,26,28);3-5H,1H2,2H3;2*1-2H3/b;5-4-;;. The number of ether oxygens (including phenoxy) is 1. The highest BCUT2D eigenvalue weighted by Gasteiger charge is 2.46. The summed E-state index contributed by atoms with van der Waals surface area (Å²) in [7, 11) is 1.37. The van der Waals surface area contributed by atoms with Crippen molar-refractivity contribution in [1.29, 1.82) is 0 Å². The van der Waals surface area contributed by atoms with Crippen molar-refractivity contribution in [1.82, 2.24) is 9.88 Å². The maximum Gasteiger partial charge on any atom is 0.337 e. The first-order valence-corrected chi connectivity index (χ1v) is 13.9. The minimum atomic E-state index is -0.367. The largest absolute Gasteiger partial charge is 0.465 e. The fraction of sp³-hybridized carbons (Fsp3) is 0.353. The van der Waals surface area contributed by atoms with Crippen molar-refractivity contribution in [2.75, 3.05) is 7.11 Å². The highest BCUT2D eigenvalue weighted by Crippen LogP contribution is 2.46. The predicted octanol–water partition coefficient (Wildman–Crippen LogP) is 8.61. The number of unbranched alkanes of at least 4 members (excludes halogenated alkanes) is 1. The Kier molecular flexibility index (Phi) is 15.0. The molecule has 1 heterocycles. The molecule has 1 aliphatic carbocycles. The van der Waals surface area contributed by atoms with E-state index in [0.717, 1.165) is 48.7 Å². The van der Waals surface area contributed by atoms with Crippen LogP contribution < -0.4 is 5.32 Å². The Morgan fingerprint density at radius 3 is 2.21 bits per heavy atom. The number of allylic oxidation sites excluding steroid dienone is 4. The van der Waals surface area contributed by atoms with Crippen molar-refractivity contribution in [3.63, 3.8) is 0 Å². The first-order valence-electron chi connectivity index (χ1n) is 13.9. The number of carbonyl (C=O) groups is 2. The summed E-state index contributed by atoms with van der Waals surface area (Å²) in [5.74, 6) is -0.432. The number of para-hydroxylation sites is 1. The quantitative estimate of drug-likeness (QED) is 0.130. The van der Waals surface area contributed by atoms with Crippen molar-refractivity contribution in [2.45, 2.75) is 72.4 Å². The van der Waals surface area contributed by atoms with Crippen LogP contribution in [0.15, 0.2) is 92.2 Å². The highest BCUT2D eigenvalue weighted by atomic mass is 16.5. The van der Waals surface area contributed by atoms with Crippen LogP contribution in [0.1, 0.15) is 86.6 Å². The summed E-state index contributed by atoms with van der Waals surface area (Å²) >= 11 is 0. The van der Waals surface area contributed by atoms with E-state index in [-0.39, 0.29) is 17.4 Å². The molecule has 210 valence electrons. The van der Waals surface area contributed by atoms with Gasteiger partial charge in [-0.05, 0) is 62.4 Å². The normalized spacial score (nSPS) is 12.5. The highest BCUT2D eigenvalue weighted by molar-refractivity contribution is 6.06. The third-order valence-electron chi connectivity index (χ3n) is 6.13. The van der Waals surface area contributed by atoms with Crippen LogP contribution in [0.5, 0.6) is 0 Å². The first kappa shape index (κ1) is 33.2. The lowest BCUT2D eigenvalue weighted by molar-refractivity contribution is 0.0600. The number of nitrogens with zero attached hydrogens (tertiary/aromatic N) is 1. The molecular weight excluding hydrogens is 484 g/mol. The summed E-state index contributed by atoms with van der Waals surface area (Å²) in [5.41, 5.74) is 2.81. The lowest BCUT2D eigenvalue weighted by Crippen LogP contribution is -2.35. The summed E-state index contributed by atoms with van der Waals surface area (Å²) in [6.07, 6.45) is 13.2. The van der Waals surface area contributed by atoms with Gasteiger partial charge in [0.15, 0.2) is 0 Å². The molecule has 1 saturated carbocycles. The Balaban J connectivity index is 0.000000748. The van der Waals surface area contributed by atoms with Crippen LogP contribution in [0, 0.1) is 0 Å². The topological polar surface area (TPSA) is 60.3 Å². The molecule has 1 N–H and O–H groups in total. The van der Waals surface area contributed by atoms with Crippen molar-refractivity contribution in [3.05, 3.63) is 109 Å². The van der Waals surface area contributed by atoms with Gasteiger partial charge < -0.3 is 14.6 Å². The average Bonchev–Trinajstić information content (AvgIpc) is 3.66. The second-order valence-corrected chi connectivity index (χ2v) is 8.55. The second-order valence-electron chi connectivity index (χ2n) is 8.55. The third-order valence-corrected chi connectivity index (χ3v) is 6.13. The molecule has 4 rings (SSSR count). The molecule has 1 aliphatic rings.